The summed E-state index contributed by atoms with van der Waals surface area (Å²) in [6, 6.07) is 7.18. The third kappa shape index (κ3) is 2.83. The normalized spacial score (nSPS) is 11.2. The fourth-order valence-corrected chi connectivity index (χ4v) is 3.01. The highest BCUT2D eigenvalue weighted by molar-refractivity contribution is 7.90. The maximum atomic E-state index is 12.2. The van der Waals surface area contributed by atoms with E-state index in [9.17, 15) is 13.2 Å². The van der Waals surface area contributed by atoms with Gasteiger partial charge in [-0.15, -0.1) is 0 Å². The van der Waals surface area contributed by atoms with Gasteiger partial charge in [-0.1, -0.05) is 6.07 Å². The van der Waals surface area contributed by atoms with E-state index in [1.54, 1.807) is 12.1 Å². The fraction of sp³-hybridized carbons (Fsp3) is 0.154. The number of aromatic carboxylic acids is 1. The van der Waals surface area contributed by atoms with Crippen LogP contribution in [0.25, 0.3) is 0 Å². The van der Waals surface area contributed by atoms with Crippen molar-refractivity contribution in [2.75, 3.05) is 7.11 Å². The van der Waals surface area contributed by atoms with Crippen molar-refractivity contribution in [1.82, 2.24) is 0 Å². The highest BCUT2D eigenvalue weighted by Crippen LogP contribution is 2.23. The summed E-state index contributed by atoms with van der Waals surface area (Å²) in [6.07, 6.45) is 1.15. The minimum absolute atomic E-state index is 0.0459. The lowest BCUT2D eigenvalue weighted by Crippen LogP contribution is -2.08. The molecule has 6 nitrogen and oxygen atoms in total. The number of carboxylic acids is 1. The first-order valence-electron chi connectivity index (χ1n) is 5.60. The molecule has 0 saturated carbocycles. The molecule has 0 bridgehead atoms. The van der Waals surface area contributed by atoms with Crippen LogP contribution >= 0.6 is 0 Å². The number of benzene rings is 1. The Balaban J connectivity index is 2.35. The largest absolute Gasteiger partial charge is 0.497 e. The number of sulfone groups is 1. The van der Waals surface area contributed by atoms with Crippen LogP contribution in [0, 0.1) is 0 Å². The standard InChI is InChI=1S/C13H12O6S/c1-18-9-3-2-4-10(7-9)20(16,17)8-12-11(13(14)15)5-6-19-12/h2-7H,8H2,1H3,(H,14,15). The van der Waals surface area contributed by atoms with Crippen molar-refractivity contribution in [2.45, 2.75) is 10.6 Å². The number of rotatable bonds is 5. The second-order valence-corrected chi connectivity index (χ2v) is 5.99. The summed E-state index contributed by atoms with van der Waals surface area (Å²) in [5.41, 5.74) is -0.156. The molecule has 0 aliphatic heterocycles. The summed E-state index contributed by atoms with van der Waals surface area (Å²) in [5.74, 6) is -1.44. The van der Waals surface area contributed by atoms with Gasteiger partial charge in [0.1, 0.15) is 22.8 Å². The molecule has 0 amide bonds. The monoisotopic (exact) mass is 296 g/mol. The van der Waals surface area contributed by atoms with E-state index in [-0.39, 0.29) is 16.2 Å². The topological polar surface area (TPSA) is 93.8 Å². The first-order chi connectivity index (χ1) is 9.44. The summed E-state index contributed by atoms with van der Waals surface area (Å²) in [5, 5.41) is 8.93. The van der Waals surface area contributed by atoms with Gasteiger partial charge in [0.15, 0.2) is 9.84 Å². The molecule has 0 spiro atoms. The van der Waals surface area contributed by atoms with Crippen molar-refractivity contribution >= 4 is 15.8 Å². The second kappa shape index (κ2) is 5.38. The summed E-state index contributed by atoms with van der Waals surface area (Å²) < 4.78 is 34.4. The van der Waals surface area contributed by atoms with Gasteiger partial charge in [0.05, 0.1) is 18.3 Å². The zero-order valence-corrected chi connectivity index (χ0v) is 11.4. The van der Waals surface area contributed by atoms with Gasteiger partial charge in [0.25, 0.3) is 0 Å². The highest BCUT2D eigenvalue weighted by atomic mass is 32.2. The lowest BCUT2D eigenvalue weighted by molar-refractivity contribution is 0.0695. The van der Waals surface area contributed by atoms with E-state index in [1.165, 1.54) is 25.3 Å². The third-order valence-corrected chi connectivity index (χ3v) is 4.31. The van der Waals surface area contributed by atoms with Gasteiger partial charge >= 0.3 is 5.97 Å². The van der Waals surface area contributed by atoms with E-state index in [0.29, 0.717) is 5.75 Å². The molecule has 106 valence electrons. The average Bonchev–Trinajstić information content (AvgIpc) is 2.86. The van der Waals surface area contributed by atoms with E-state index in [1.807, 2.05) is 0 Å². The number of furan rings is 1. The Kier molecular flexibility index (Phi) is 3.80. The summed E-state index contributed by atoms with van der Waals surface area (Å²) in [4.78, 5) is 11.0. The van der Waals surface area contributed by atoms with E-state index >= 15 is 0 Å². The van der Waals surface area contributed by atoms with Crippen LogP contribution in [0.1, 0.15) is 16.1 Å². The van der Waals surface area contributed by atoms with Crippen molar-refractivity contribution < 1.29 is 27.5 Å². The smallest absolute Gasteiger partial charge is 0.339 e. The maximum absolute atomic E-state index is 12.2. The number of hydrogen-bond donors (Lipinski definition) is 1. The predicted molar refractivity (Wildman–Crippen MR) is 69.6 cm³/mol. The Bertz CT molecular complexity index is 729. The highest BCUT2D eigenvalue weighted by Gasteiger charge is 2.22. The molecule has 20 heavy (non-hydrogen) atoms. The molecular formula is C13H12O6S. The summed E-state index contributed by atoms with van der Waals surface area (Å²) >= 11 is 0. The molecule has 1 heterocycles. The van der Waals surface area contributed by atoms with Gasteiger partial charge in [-0.2, -0.15) is 0 Å². The molecule has 7 heteroatoms. The lowest BCUT2D eigenvalue weighted by atomic mass is 10.3. The first-order valence-corrected chi connectivity index (χ1v) is 7.26. The summed E-state index contributed by atoms with van der Waals surface area (Å²) in [7, 11) is -2.28. The summed E-state index contributed by atoms with van der Waals surface area (Å²) in [6.45, 7) is 0. The van der Waals surface area contributed by atoms with Gasteiger partial charge in [0.2, 0.25) is 0 Å². The number of carboxylic acid groups (broad SMARTS) is 1. The quantitative estimate of drug-likeness (QED) is 0.906. The molecule has 2 rings (SSSR count). The van der Waals surface area contributed by atoms with Gasteiger partial charge in [-0.3, -0.25) is 0 Å². The van der Waals surface area contributed by atoms with Crippen LogP contribution in [0.2, 0.25) is 0 Å². The van der Waals surface area contributed by atoms with Gasteiger partial charge in [0, 0.05) is 0 Å². The molecule has 2 aromatic rings. The van der Waals surface area contributed by atoms with Crippen LogP contribution in [0.15, 0.2) is 45.9 Å². The Morgan fingerprint density at radius 3 is 2.75 bits per heavy atom. The molecule has 0 atom stereocenters. The van der Waals surface area contributed by atoms with Crippen LogP contribution in [-0.2, 0) is 15.6 Å². The average molecular weight is 296 g/mol. The molecule has 0 aliphatic carbocycles. The van der Waals surface area contributed by atoms with Crippen LogP contribution in [0.3, 0.4) is 0 Å². The van der Waals surface area contributed by atoms with Crippen LogP contribution in [0.4, 0.5) is 0 Å². The molecule has 1 aromatic carbocycles. The minimum atomic E-state index is -3.71. The molecule has 0 unspecified atom stereocenters. The van der Waals surface area contributed by atoms with Crippen molar-refractivity contribution in [3.05, 3.63) is 47.9 Å². The maximum Gasteiger partial charge on any atom is 0.339 e. The van der Waals surface area contributed by atoms with Gasteiger partial charge in [-0.25, -0.2) is 13.2 Å². The zero-order chi connectivity index (χ0) is 14.8. The molecule has 0 radical (unpaired) electrons. The van der Waals surface area contributed by atoms with Gasteiger partial charge in [-0.05, 0) is 24.3 Å². The number of ether oxygens (including phenoxy) is 1. The second-order valence-electron chi connectivity index (χ2n) is 4.00. The number of carbonyl (C=O) groups is 1. The zero-order valence-electron chi connectivity index (χ0n) is 10.6. The molecule has 1 aromatic heterocycles. The Morgan fingerprint density at radius 2 is 2.10 bits per heavy atom. The van der Waals surface area contributed by atoms with E-state index in [2.05, 4.69) is 0 Å². The molecule has 0 saturated heterocycles. The number of hydrogen-bond acceptors (Lipinski definition) is 5. The van der Waals surface area contributed by atoms with Crippen molar-refractivity contribution in [1.29, 1.82) is 0 Å². The molecule has 0 aliphatic rings. The van der Waals surface area contributed by atoms with Crippen LogP contribution < -0.4 is 4.74 Å². The Hall–Kier alpha value is -2.28. The Morgan fingerprint density at radius 1 is 1.35 bits per heavy atom. The van der Waals surface area contributed by atoms with Crippen molar-refractivity contribution in [2.24, 2.45) is 0 Å². The lowest BCUT2D eigenvalue weighted by Gasteiger charge is -2.05. The molecule has 1 N–H and O–H groups in total. The fourth-order valence-electron chi connectivity index (χ4n) is 1.69. The van der Waals surface area contributed by atoms with Crippen LogP contribution in [-0.4, -0.2) is 26.6 Å². The number of methoxy groups -OCH3 is 1. The van der Waals surface area contributed by atoms with E-state index in [0.717, 1.165) is 6.26 Å². The molecule has 0 fully saturated rings. The molecular weight excluding hydrogens is 284 g/mol. The first kappa shape index (κ1) is 14.1. The third-order valence-electron chi connectivity index (χ3n) is 2.70. The van der Waals surface area contributed by atoms with E-state index in [4.69, 9.17) is 14.3 Å². The van der Waals surface area contributed by atoms with Crippen molar-refractivity contribution in [3.8, 4) is 5.75 Å². The van der Waals surface area contributed by atoms with E-state index < -0.39 is 21.6 Å². The minimum Gasteiger partial charge on any atom is -0.497 e. The van der Waals surface area contributed by atoms with Crippen molar-refractivity contribution in [3.63, 3.8) is 0 Å². The van der Waals surface area contributed by atoms with Gasteiger partial charge < -0.3 is 14.3 Å². The van der Waals surface area contributed by atoms with Crippen LogP contribution in [0.5, 0.6) is 5.75 Å². The predicted octanol–water partition coefficient (Wildman–Crippen LogP) is 1.96. The Labute approximate surface area is 115 Å². The SMILES string of the molecule is COc1cccc(S(=O)(=O)Cc2occc2C(=O)O)c1.